The number of benzene rings is 1. The molecule has 0 saturated heterocycles. The molecule has 1 heterocycles. The third kappa shape index (κ3) is 6.89. The van der Waals surface area contributed by atoms with Crippen LogP contribution in [0.4, 0.5) is 0 Å². The number of likely N-dealkylation sites (N-methyl/N-ethyl adjacent to an activating group) is 1. The van der Waals surface area contributed by atoms with E-state index in [1.807, 2.05) is 12.1 Å². The van der Waals surface area contributed by atoms with Crippen molar-refractivity contribution in [2.45, 2.75) is 33.2 Å². The molecule has 1 aromatic rings. The number of ether oxygens (including phenoxy) is 2. The summed E-state index contributed by atoms with van der Waals surface area (Å²) in [4.78, 5) is 6.70. The van der Waals surface area contributed by atoms with Gasteiger partial charge in [0.25, 0.3) is 0 Å². The van der Waals surface area contributed by atoms with Crippen molar-refractivity contribution < 1.29 is 9.47 Å². The number of hydrogen-bond donors (Lipinski definition) is 2. The Bertz CT molecular complexity index is 552. The Morgan fingerprint density at radius 1 is 1.20 bits per heavy atom. The standard InChI is InChI=1S/C18H30N4O2.HI/c1-5-22(14(2)3)11-10-21-18(19-4)20-9-8-15-6-7-16-17(12-15)24-13-23-16;/h6-7,12,14H,5,8-11,13H2,1-4H3,(H2,19,20,21);1H. The van der Waals surface area contributed by atoms with Gasteiger partial charge in [-0.3, -0.25) is 9.89 Å². The summed E-state index contributed by atoms with van der Waals surface area (Å²) in [6.45, 7) is 10.7. The molecule has 0 spiro atoms. The molecule has 0 bridgehead atoms. The van der Waals surface area contributed by atoms with Crippen LogP contribution in [-0.2, 0) is 6.42 Å². The number of fused-ring (bicyclic) bond motifs is 1. The lowest BCUT2D eigenvalue weighted by molar-refractivity contribution is 0.174. The summed E-state index contributed by atoms with van der Waals surface area (Å²) in [5.74, 6) is 2.51. The van der Waals surface area contributed by atoms with Crippen LogP contribution in [0.5, 0.6) is 11.5 Å². The summed E-state index contributed by atoms with van der Waals surface area (Å²) < 4.78 is 10.7. The van der Waals surface area contributed by atoms with Gasteiger partial charge in [0, 0.05) is 32.7 Å². The number of aliphatic imine (C=N–C) groups is 1. The lowest BCUT2D eigenvalue weighted by atomic mass is 10.1. The third-order valence-corrected chi connectivity index (χ3v) is 4.19. The Labute approximate surface area is 168 Å². The molecule has 0 aromatic heterocycles. The molecule has 142 valence electrons. The molecule has 0 unspecified atom stereocenters. The van der Waals surface area contributed by atoms with Crippen LogP contribution in [0.2, 0.25) is 0 Å². The van der Waals surface area contributed by atoms with Crippen LogP contribution < -0.4 is 20.1 Å². The highest BCUT2D eigenvalue weighted by atomic mass is 127. The fourth-order valence-corrected chi connectivity index (χ4v) is 2.74. The molecule has 0 aliphatic carbocycles. The van der Waals surface area contributed by atoms with E-state index >= 15 is 0 Å². The van der Waals surface area contributed by atoms with Crippen molar-refractivity contribution in [3.63, 3.8) is 0 Å². The monoisotopic (exact) mass is 462 g/mol. The van der Waals surface area contributed by atoms with E-state index in [1.165, 1.54) is 5.56 Å². The first kappa shape index (κ1) is 21.8. The predicted octanol–water partition coefficient (Wildman–Crippen LogP) is 2.47. The van der Waals surface area contributed by atoms with Crippen molar-refractivity contribution in [2.75, 3.05) is 40.0 Å². The number of nitrogens with one attached hydrogen (secondary N) is 2. The van der Waals surface area contributed by atoms with Crippen LogP contribution in [0.25, 0.3) is 0 Å². The van der Waals surface area contributed by atoms with Crippen molar-refractivity contribution in [3.05, 3.63) is 23.8 Å². The Hall–Kier alpha value is -1.22. The highest BCUT2D eigenvalue weighted by Crippen LogP contribution is 2.32. The maximum absolute atomic E-state index is 5.41. The van der Waals surface area contributed by atoms with Crippen molar-refractivity contribution >= 4 is 29.9 Å². The molecule has 0 radical (unpaired) electrons. The molecule has 2 N–H and O–H groups in total. The summed E-state index contributed by atoms with van der Waals surface area (Å²) in [6, 6.07) is 6.66. The van der Waals surface area contributed by atoms with Gasteiger partial charge in [-0.1, -0.05) is 13.0 Å². The lowest BCUT2D eigenvalue weighted by Gasteiger charge is -2.25. The quantitative estimate of drug-likeness (QED) is 0.353. The molecule has 7 heteroatoms. The van der Waals surface area contributed by atoms with Gasteiger partial charge < -0.3 is 20.1 Å². The van der Waals surface area contributed by atoms with Crippen LogP contribution in [0.15, 0.2) is 23.2 Å². The maximum atomic E-state index is 5.41. The number of guanidine groups is 1. The largest absolute Gasteiger partial charge is 0.454 e. The first-order valence-corrected chi connectivity index (χ1v) is 8.71. The Balaban J connectivity index is 0.00000312. The number of halogens is 1. The van der Waals surface area contributed by atoms with Gasteiger partial charge in [0.15, 0.2) is 17.5 Å². The van der Waals surface area contributed by atoms with Gasteiger partial charge >= 0.3 is 0 Å². The topological polar surface area (TPSA) is 58.1 Å². The van der Waals surface area contributed by atoms with Crippen LogP contribution >= 0.6 is 24.0 Å². The van der Waals surface area contributed by atoms with Crippen LogP contribution in [0, 0.1) is 0 Å². The summed E-state index contributed by atoms with van der Waals surface area (Å²) in [7, 11) is 1.80. The molecule has 1 aliphatic heterocycles. The minimum Gasteiger partial charge on any atom is -0.454 e. The summed E-state index contributed by atoms with van der Waals surface area (Å²) in [6.07, 6.45) is 0.907. The van der Waals surface area contributed by atoms with Crippen LogP contribution in [-0.4, -0.2) is 56.9 Å². The third-order valence-electron chi connectivity index (χ3n) is 4.19. The molecule has 0 saturated carbocycles. The highest BCUT2D eigenvalue weighted by Gasteiger charge is 2.13. The van der Waals surface area contributed by atoms with Crippen LogP contribution in [0.1, 0.15) is 26.3 Å². The molecular formula is C18H31IN4O2. The van der Waals surface area contributed by atoms with E-state index in [0.717, 1.165) is 50.1 Å². The highest BCUT2D eigenvalue weighted by molar-refractivity contribution is 14.0. The minimum absolute atomic E-state index is 0. The summed E-state index contributed by atoms with van der Waals surface area (Å²) in [5, 5.41) is 6.72. The van der Waals surface area contributed by atoms with Gasteiger partial charge in [-0.25, -0.2) is 0 Å². The van der Waals surface area contributed by atoms with Crippen molar-refractivity contribution in [2.24, 2.45) is 4.99 Å². The molecule has 2 rings (SSSR count). The van der Waals surface area contributed by atoms with Crippen molar-refractivity contribution in [1.82, 2.24) is 15.5 Å². The van der Waals surface area contributed by atoms with Crippen molar-refractivity contribution in [1.29, 1.82) is 0 Å². The SMILES string of the molecule is CCN(CCNC(=NC)NCCc1ccc2c(c1)OCO2)C(C)C.I. The zero-order valence-electron chi connectivity index (χ0n) is 15.7. The van der Waals surface area contributed by atoms with Gasteiger partial charge in [0.05, 0.1) is 0 Å². The molecule has 6 nitrogen and oxygen atoms in total. The molecule has 1 aromatic carbocycles. The van der Waals surface area contributed by atoms with E-state index in [2.05, 4.69) is 47.4 Å². The average Bonchev–Trinajstić information content (AvgIpc) is 3.04. The number of rotatable bonds is 8. The summed E-state index contributed by atoms with van der Waals surface area (Å²) >= 11 is 0. The van der Waals surface area contributed by atoms with E-state index in [9.17, 15) is 0 Å². The number of hydrogen-bond acceptors (Lipinski definition) is 4. The van der Waals surface area contributed by atoms with Gasteiger partial charge in [0.2, 0.25) is 6.79 Å². The second-order valence-electron chi connectivity index (χ2n) is 6.09. The van der Waals surface area contributed by atoms with E-state index in [-0.39, 0.29) is 24.0 Å². The van der Waals surface area contributed by atoms with E-state index in [4.69, 9.17) is 9.47 Å². The van der Waals surface area contributed by atoms with Crippen molar-refractivity contribution in [3.8, 4) is 11.5 Å². The molecule has 0 fully saturated rings. The lowest BCUT2D eigenvalue weighted by Crippen LogP contribution is -2.43. The van der Waals surface area contributed by atoms with E-state index in [1.54, 1.807) is 7.05 Å². The molecule has 25 heavy (non-hydrogen) atoms. The average molecular weight is 462 g/mol. The summed E-state index contributed by atoms with van der Waals surface area (Å²) in [5.41, 5.74) is 1.22. The van der Waals surface area contributed by atoms with Gasteiger partial charge in [-0.15, -0.1) is 24.0 Å². The second kappa shape index (κ2) is 11.4. The van der Waals surface area contributed by atoms with Gasteiger partial charge in [-0.05, 0) is 44.5 Å². The molecule has 1 aliphatic rings. The Kier molecular flexibility index (Phi) is 9.96. The smallest absolute Gasteiger partial charge is 0.231 e. The Morgan fingerprint density at radius 2 is 1.92 bits per heavy atom. The maximum Gasteiger partial charge on any atom is 0.231 e. The number of nitrogens with zero attached hydrogens (tertiary/aromatic N) is 2. The molecule has 0 atom stereocenters. The fraction of sp³-hybridized carbons (Fsp3) is 0.611. The fourth-order valence-electron chi connectivity index (χ4n) is 2.74. The minimum atomic E-state index is 0. The first-order valence-electron chi connectivity index (χ1n) is 8.71. The van der Waals surface area contributed by atoms with E-state index < -0.39 is 0 Å². The molecule has 0 amide bonds. The van der Waals surface area contributed by atoms with E-state index in [0.29, 0.717) is 12.8 Å². The van der Waals surface area contributed by atoms with Gasteiger partial charge in [0.1, 0.15) is 0 Å². The van der Waals surface area contributed by atoms with Crippen LogP contribution in [0.3, 0.4) is 0 Å². The second-order valence-corrected chi connectivity index (χ2v) is 6.09. The zero-order valence-corrected chi connectivity index (χ0v) is 18.0. The predicted molar refractivity (Wildman–Crippen MR) is 113 cm³/mol. The molecular weight excluding hydrogens is 431 g/mol. The van der Waals surface area contributed by atoms with Gasteiger partial charge in [-0.2, -0.15) is 0 Å². The Morgan fingerprint density at radius 3 is 2.60 bits per heavy atom. The first-order chi connectivity index (χ1) is 11.6. The zero-order chi connectivity index (χ0) is 17.4. The normalized spacial score (nSPS) is 13.1.